The van der Waals surface area contributed by atoms with Gasteiger partial charge in [-0.1, -0.05) is 41.6 Å². The molecule has 1 aliphatic rings. The molecule has 7 heteroatoms. The van der Waals surface area contributed by atoms with Crippen molar-refractivity contribution in [3.63, 3.8) is 0 Å². The maximum Gasteiger partial charge on any atom is 0.199 e. The van der Waals surface area contributed by atoms with Gasteiger partial charge in [-0.2, -0.15) is 0 Å². The summed E-state index contributed by atoms with van der Waals surface area (Å²) in [6.45, 7) is -0.167. The van der Waals surface area contributed by atoms with E-state index in [2.05, 4.69) is 15.1 Å². The summed E-state index contributed by atoms with van der Waals surface area (Å²) in [5, 5.41) is 33.8. The maximum atomic E-state index is 10.5. The number of hydrogen-bond acceptors (Lipinski definition) is 6. The summed E-state index contributed by atoms with van der Waals surface area (Å²) in [5.74, 6) is 0.0196. The van der Waals surface area contributed by atoms with Crippen LogP contribution in [0.25, 0.3) is 10.9 Å². The van der Waals surface area contributed by atoms with Gasteiger partial charge in [0.1, 0.15) is 18.0 Å². The van der Waals surface area contributed by atoms with Crippen molar-refractivity contribution >= 4 is 28.0 Å². The lowest BCUT2D eigenvalue weighted by Crippen LogP contribution is -2.16. The summed E-state index contributed by atoms with van der Waals surface area (Å²) >= 11 is 0. The number of oxime groups is 1. The number of aromatic nitrogens is 1. The van der Waals surface area contributed by atoms with Crippen LogP contribution in [-0.2, 0) is 4.84 Å². The van der Waals surface area contributed by atoms with E-state index in [0.29, 0.717) is 17.0 Å². The molecule has 4 rings (SSSR count). The van der Waals surface area contributed by atoms with E-state index >= 15 is 0 Å². The van der Waals surface area contributed by atoms with E-state index in [9.17, 15) is 10.2 Å². The van der Waals surface area contributed by atoms with Crippen LogP contribution < -0.4 is 0 Å². The molecule has 4 N–H and O–H groups in total. The van der Waals surface area contributed by atoms with Gasteiger partial charge in [0.2, 0.25) is 0 Å². The molecule has 2 heterocycles. The fourth-order valence-electron chi connectivity index (χ4n) is 3.10. The van der Waals surface area contributed by atoms with Crippen LogP contribution in [0.3, 0.4) is 0 Å². The molecule has 0 bridgehead atoms. The lowest BCUT2D eigenvalue weighted by Gasteiger charge is -2.07. The van der Waals surface area contributed by atoms with Crippen molar-refractivity contribution in [3.05, 3.63) is 59.7 Å². The van der Waals surface area contributed by atoms with Gasteiger partial charge in [-0.15, -0.1) is 0 Å². The second-order valence-corrected chi connectivity index (χ2v) is 6.27. The van der Waals surface area contributed by atoms with Gasteiger partial charge in [0.15, 0.2) is 5.88 Å². The molecule has 0 saturated heterocycles. The molecule has 0 unspecified atom stereocenters. The molecule has 3 aromatic rings. The molecule has 7 nitrogen and oxygen atoms in total. The van der Waals surface area contributed by atoms with Gasteiger partial charge in [0.25, 0.3) is 0 Å². The zero-order valence-electron chi connectivity index (χ0n) is 14.5. The van der Waals surface area contributed by atoms with Crippen LogP contribution in [0.15, 0.2) is 58.7 Å². The molecule has 0 fully saturated rings. The Morgan fingerprint density at radius 1 is 1.11 bits per heavy atom. The third kappa shape index (κ3) is 3.18. The molecule has 1 aliphatic heterocycles. The SMILES string of the molecule is OC[C@@H](O)CCO/N=C1\C(c2c(O)[nH]c3ccccc23)=Nc2ccccc21. The van der Waals surface area contributed by atoms with Crippen LogP contribution in [0.4, 0.5) is 5.69 Å². The van der Waals surface area contributed by atoms with Gasteiger partial charge in [-0.3, -0.25) is 0 Å². The summed E-state index contributed by atoms with van der Waals surface area (Å²) in [4.78, 5) is 13.0. The van der Waals surface area contributed by atoms with Crippen molar-refractivity contribution < 1.29 is 20.2 Å². The minimum atomic E-state index is -0.841. The fraction of sp³-hybridized carbons (Fsp3) is 0.200. The van der Waals surface area contributed by atoms with E-state index in [-0.39, 0.29) is 25.5 Å². The van der Waals surface area contributed by atoms with Crippen molar-refractivity contribution in [2.24, 2.45) is 10.1 Å². The average Bonchev–Trinajstić information content (AvgIpc) is 3.21. The third-order valence-corrected chi connectivity index (χ3v) is 4.45. The minimum absolute atomic E-state index is 0.0196. The Hall–Kier alpha value is -3.16. The van der Waals surface area contributed by atoms with E-state index < -0.39 is 6.10 Å². The molecule has 138 valence electrons. The Balaban J connectivity index is 1.73. The topological polar surface area (TPSA) is 110 Å². The molecule has 0 radical (unpaired) electrons. The number of nitrogens with one attached hydrogen (secondary N) is 1. The summed E-state index contributed by atoms with van der Waals surface area (Å²) in [6, 6.07) is 15.1. The summed E-state index contributed by atoms with van der Waals surface area (Å²) in [5.41, 5.74) is 3.96. The van der Waals surface area contributed by atoms with E-state index in [1.54, 1.807) is 0 Å². The first-order valence-corrected chi connectivity index (χ1v) is 8.66. The number of fused-ring (bicyclic) bond motifs is 2. The first-order valence-electron chi connectivity index (χ1n) is 8.66. The lowest BCUT2D eigenvalue weighted by molar-refractivity contribution is 0.0507. The van der Waals surface area contributed by atoms with E-state index in [4.69, 9.17) is 9.94 Å². The minimum Gasteiger partial charge on any atom is -0.494 e. The highest BCUT2D eigenvalue weighted by Gasteiger charge is 2.29. The number of aliphatic hydroxyl groups excluding tert-OH is 2. The highest BCUT2D eigenvalue weighted by Crippen LogP contribution is 2.35. The molecular weight excluding hydrogens is 346 g/mol. The summed E-state index contributed by atoms with van der Waals surface area (Å²) < 4.78 is 0. The third-order valence-electron chi connectivity index (χ3n) is 4.45. The predicted octanol–water partition coefficient (Wildman–Crippen LogP) is 2.47. The van der Waals surface area contributed by atoms with E-state index in [1.165, 1.54) is 0 Å². The number of nitrogens with zero attached hydrogens (tertiary/aromatic N) is 2. The maximum absolute atomic E-state index is 10.5. The number of rotatable bonds is 6. The number of para-hydroxylation sites is 2. The number of benzene rings is 2. The van der Waals surface area contributed by atoms with Crippen molar-refractivity contribution in [2.75, 3.05) is 13.2 Å². The van der Waals surface area contributed by atoms with Gasteiger partial charge in [0.05, 0.1) is 24.0 Å². The molecule has 27 heavy (non-hydrogen) atoms. The Morgan fingerprint density at radius 3 is 2.74 bits per heavy atom. The number of aromatic amines is 1. The number of aliphatic hydroxyl groups is 2. The molecule has 0 amide bonds. The molecule has 1 atom stereocenters. The quantitative estimate of drug-likeness (QED) is 0.397. The number of hydrogen-bond donors (Lipinski definition) is 4. The molecular formula is C20H19N3O4. The zero-order valence-corrected chi connectivity index (χ0v) is 14.5. The molecule has 0 aliphatic carbocycles. The van der Waals surface area contributed by atoms with Crippen LogP contribution in [0, 0.1) is 0 Å². The number of H-pyrrole nitrogens is 1. The Labute approximate surface area is 155 Å². The van der Waals surface area contributed by atoms with Gasteiger partial charge < -0.3 is 25.1 Å². The number of aromatic hydroxyl groups is 1. The van der Waals surface area contributed by atoms with Crippen LogP contribution in [-0.4, -0.2) is 51.0 Å². The zero-order chi connectivity index (χ0) is 18.8. The van der Waals surface area contributed by atoms with Crippen molar-refractivity contribution in [1.29, 1.82) is 0 Å². The first kappa shape index (κ1) is 17.3. The smallest absolute Gasteiger partial charge is 0.199 e. The van der Waals surface area contributed by atoms with Crippen LogP contribution in [0.1, 0.15) is 17.5 Å². The molecule has 0 spiro atoms. The lowest BCUT2D eigenvalue weighted by atomic mass is 10.0. The second kappa shape index (κ2) is 7.22. The summed E-state index contributed by atoms with van der Waals surface area (Å²) in [7, 11) is 0. The van der Waals surface area contributed by atoms with E-state index in [0.717, 1.165) is 22.2 Å². The fourth-order valence-corrected chi connectivity index (χ4v) is 3.10. The summed E-state index contributed by atoms with van der Waals surface area (Å²) in [6.07, 6.45) is -0.577. The largest absolute Gasteiger partial charge is 0.494 e. The predicted molar refractivity (Wildman–Crippen MR) is 103 cm³/mol. The van der Waals surface area contributed by atoms with Crippen LogP contribution in [0.5, 0.6) is 5.88 Å². The Morgan fingerprint density at radius 2 is 1.89 bits per heavy atom. The van der Waals surface area contributed by atoms with Crippen LogP contribution >= 0.6 is 0 Å². The Bertz CT molecular complexity index is 1040. The van der Waals surface area contributed by atoms with Crippen molar-refractivity contribution in [1.82, 2.24) is 4.98 Å². The highest BCUT2D eigenvalue weighted by molar-refractivity contribution is 6.58. The van der Waals surface area contributed by atoms with Gasteiger partial charge >= 0.3 is 0 Å². The van der Waals surface area contributed by atoms with Crippen molar-refractivity contribution in [3.8, 4) is 5.88 Å². The van der Waals surface area contributed by atoms with Crippen LogP contribution in [0.2, 0.25) is 0 Å². The Kier molecular flexibility index (Phi) is 4.62. The van der Waals surface area contributed by atoms with Gasteiger partial charge in [0, 0.05) is 22.9 Å². The van der Waals surface area contributed by atoms with E-state index in [1.807, 2.05) is 48.5 Å². The molecule has 2 aromatic carbocycles. The monoisotopic (exact) mass is 365 g/mol. The molecule has 1 aromatic heterocycles. The van der Waals surface area contributed by atoms with Gasteiger partial charge in [-0.25, -0.2) is 4.99 Å². The standard InChI is InChI=1S/C20H19N3O4/c24-11-12(25)9-10-27-23-18-14-6-2-4-8-16(14)21-19(18)17-13-5-1-3-7-15(13)22-20(17)26/h1-8,12,22,24-26H,9-11H2/b23-18-/t12-/m0/s1. The van der Waals surface area contributed by atoms with Gasteiger partial charge in [-0.05, 0) is 12.1 Å². The number of aliphatic imine (C=N–C) groups is 1. The first-order chi connectivity index (χ1) is 13.2. The second-order valence-electron chi connectivity index (χ2n) is 6.27. The van der Waals surface area contributed by atoms with Crippen molar-refractivity contribution in [2.45, 2.75) is 12.5 Å². The average molecular weight is 365 g/mol. The highest BCUT2D eigenvalue weighted by atomic mass is 16.6. The normalized spacial score (nSPS) is 15.8. The molecule has 0 saturated carbocycles.